The first-order valence-corrected chi connectivity index (χ1v) is 7.93. The van der Waals surface area contributed by atoms with Crippen molar-refractivity contribution in [3.8, 4) is 0 Å². The molecule has 1 aromatic carbocycles. The summed E-state index contributed by atoms with van der Waals surface area (Å²) in [6.45, 7) is 6.81. The second-order valence-electron chi connectivity index (χ2n) is 5.46. The summed E-state index contributed by atoms with van der Waals surface area (Å²) < 4.78 is 6.99. The molecule has 3 rings (SSSR count). The molecule has 108 valence electrons. The Morgan fingerprint density at radius 2 is 2.20 bits per heavy atom. The number of rotatable bonds is 3. The molecule has 0 aliphatic carbocycles. The minimum atomic E-state index is 0.0698. The molecule has 1 aromatic heterocycles. The number of ether oxygens (including phenoxy) is 1. The van der Waals surface area contributed by atoms with Crippen molar-refractivity contribution < 1.29 is 4.74 Å². The number of morpholine rings is 1. The minimum Gasteiger partial charge on any atom is -0.374 e. The Balaban J connectivity index is 1.79. The van der Waals surface area contributed by atoms with Gasteiger partial charge in [-0.05, 0) is 26.0 Å². The van der Waals surface area contributed by atoms with Gasteiger partial charge in [-0.15, -0.1) is 11.3 Å². The largest absolute Gasteiger partial charge is 0.374 e. The van der Waals surface area contributed by atoms with Gasteiger partial charge in [0.25, 0.3) is 0 Å². The fraction of sp³-hybridized carbons (Fsp3) is 0.533. The lowest BCUT2D eigenvalue weighted by Crippen LogP contribution is -2.50. The smallest absolute Gasteiger partial charge is 0.111 e. The van der Waals surface area contributed by atoms with Crippen LogP contribution in [0.2, 0.25) is 0 Å². The minimum absolute atomic E-state index is 0.0698. The molecule has 1 fully saturated rings. The molecule has 0 bridgehead atoms. The summed E-state index contributed by atoms with van der Waals surface area (Å²) >= 11 is 1.78. The summed E-state index contributed by atoms with van der Waals surface area (Å²) in [5.41, 5.74) is 7.06. The highest BCUT2D eigenvalue weighted by atomic mass is 32.1. The van der Waals surface area contributed by atoms with E-state index in [1.54, 1.807) is 11.3 Å². The third kappa shape index (κ3) is 2.72. The van der Waals surface area contributed by atoms with Crippen molar-refractivity contribution in [2.24, 2.45) is 5.73 Å². The molecule has 5 heteroatoms. The molecule has 2 N–H and O–H groups in total. The van der Waals surface area contributed by atoms with E-state index in [0.29, 0.717) is 6.04 Å². The molecule has 0 saturated carbocycles. The van der Waals surface area contributed by atoms with E-state index in [4.69, 9.17) is 15.5 Å². The van der Waals surface area contributed by atoms with Crippen LogP contribution in [-0.4, -0.2) is 41.7 Å². The monoisotopic (exact) mass is 291 g/mol. The highest BCUT2D eigenvalue weighted by molar-refractivity contribution is 7.18. The van der Waals surface area contributed by atoms with Gasteiger partial charge < -0.3 is 10.5 Å². The molecule has 20 heavy (non-hydrogen) atoms. The van der Waals surface area contributed by atoms with Crippen LogP contribution < -0.4 is 5.73 Å². The van der Waals surface area contributed by atoms with E-state index in [0.717, 1.165) is 25.2 Å². The SMILES string of the molecule is CC(N)C1CN(C(C)c2nc3ccccc3s2)CCO1. The number of benzene rings is 1. The number of para-hydroxylation sites is 1. The van der Waals surface area contributed by atoms with Gasteiger partial charge in [0.1, 0.15) is 5.01 Å². The van der Waals surface area contributed by atoms with Gasteiger partial charge in [0.2, 0.25) is 0 Å². The van der Waals surface area contributed by atoms with Crippen LogP contribution in [0.3, 0.4) is 0 Å². The lowest BCUT2D eigenvalue weighted by molar-refractivity contribution is -0.0498. The van der Waals surface area contributed by atoms with Crippen molar-refractivity contribution in [2.75, 3.05) is 19.7 Å². The number of hydrogen-bond donors (Lipinski definition) is 1. The molecule has 0 amide bonds. The molecular weight excluding hydrogens is 270 g/mol. The average Bonchev–Trinajstić information content (AvgIpc) is 2.90. The highest BCUT2D eigenvalue weighted by Gasteiger charge is 2.28. The summed E-state index contributed by atoms with van der Waals surface area (Å²) in [6, 6.07) is 8.70. The summed E-state index contributed by atoms with van der Waals surface area (Å²) in [4.78, 5) is 7.19. The van der Waals surface area contributed by atoms with Crippen molar-refractivity contribution in [1.29, 1.82) is 0 Å². The maximum absolute atomic E-state index is 5.96. The third-order valence-electron chi connectivity index (χ3n) is 3.93. The Bertz CT molecular complexity index is 550. The van der Waals surface area contributed by atoms with E-state index in [-0.39, 0.29) is 12.1 Å². The van der Waals surface area contributed by atoms with Crippen molar-refractivity contribution in [3.05, 3.63) is 29.3 Å². The van der Waals surface area contributed by atoms with Gasteiger partial charge in [-0.3, -0.25) is 4.90 Å². The predicted molar refractivity (Wildman–Crippen MR) is 83.0 cm³/mol. The Labute approximate surface area is 123 Å². The fourth-order valence-electron chi connectivity index (χ4n) is 2.59. The van der Waals surface area contributed by atoms with Gasteiger partial charge in [0.15, 0.2) is 0 Å². The Morgan fingerprint density at radius 1 is 1.40 bits per heavy atom. The molecule has 1 saturated heterocycles. The van der Waals surface area contributed by atoms with Crippen LogP contribution in [0.4, 0.5) is 0 Å². The lowest BCUT2D eigenvalue weighted by Gasteiger charge is -2.37. The number of nitrogens with zero attached hydrogens (tertiary/aromatic N) is 2. The zero-order valence-corrected chi connectivity index (χ0v) is 12.8. The summed E-state index contributed by atoms with van der Waals surface area (Å²) in [7, 11) is 0. The van der Waals surface area contributed by atoms with Crippen molar-refractivity contribution >= 4 is 21.6 Å². The molecule has 0 spiro atoms. The van der Waals surface area contributed by atoms with Gasteiger partial charge >= 0.3 is 0 Å². The molecule has 2 heterocycles. The maximum atomic E-state index is 5.96. The highest BCUT2D eigenvalue weighted by Crippen LogP contribution is 2.30. The molecule has 1 aliphatic rings. The van der Waals surface area contributed by atoms with Gasteiger partial charge in [-0.25, -0.2) is 4.98 Å². The number of hydrogen-bond acceptors (Lipinski definition) is 5. The van der Waals surface area contributed by atoms with Gasteiger partial charge in [-0.1, -0.05) is 12.1 Å². The number of fused-ring (bicyclic) bond motifs is 1. The predicted octanol–water partition coefficient (Wildman–Crippen LogP) is 2.41. The zero-order chi connectivity index (χ0) is 14.1. The van der Waals surface area contributed by atoms with Crippen LogP contribution in [0.1, 0.15) is 24.9 Å². The normalized spacial score (nSPS) is 23.9. The Morgan fingerprint density at radius 3 is 2.95 bits per heavy atom. The third-order valence-corrected chi connectivity index (χ3v) is 5.13. The van der Waals surface area contributed by atoms with E-state index >= 15 is 0 Å². The first-order chi connectivity index (χ1) is 9.65. The van der Waals surface area contributed by atoms with Crippen LogP contribution in [0.25, 0.3) is 10.2 Å². The summed E-state index contributed by atoms with van der Waals surface area (Å²) in [5, 5.41) is 1.18. The second kappa shape index (κ2) is 5.77. The quantitative estimate of drug-likeness (QED) is 0.943. The molecule has 1 aliphatic heterocycles. The van der Waals surface area contributed by atoms with Crippen LogP contribution in [0, 0.1) is 0 Å². The van der Waals surface area contributed by atoms with Crippen LogP contribution >= 0.6 is 11.3 Å². The summed E-state index contributed by atoms with van der Waals surface area (Å²) in [6.07, 6.45) is 0.126. The van der Waals surface area contributed by atoms with E-state index in [1.807, 2.05) is 13.0 Å². The van der Waals surface area contributed by atoms with E-state index < -0.39 is 0 Å². The van der Waals surface area contributed by atoms with Gasteiger partial charge in [0.05, 0.1) is 29.0 Å². The Kier molecular flexibility index (Phi) is 4.03. The van der Waals surface area contributed by atoms with E-state index in [9.17, 15) is 0 Å². The van der Waals surface area contributed by atoms with Crippen molar-refractivity contribution in [1.82, 2.24) is 9.88 Å². The zero-order valence-electron chi connectivity index (χ0n) is 12.0. The van der Waals surface area contributed by atoms with Crippen LogP contribution in [0.15, 0.2) is 24.3 Å². The van der Waals surface area contributed by atoms with Crippen molar-refractivity contribution in [2.45, 2.75) is 32.0 Å². The molecule has 0 radical (unpaired) electrons. The average molecular weight is 291 g/mol. The first-order valence-electron chi connectivity index (χ1n) is 7.12. The molecule has 3 unspecified atom stereocenters. The van der Waals surface area contributed by atoms with E-state index in [2.05, 4.69) is 30.0 Å². The maximum Gasteiger partial charge on any atom is 0.111 e. The number of aromatic nitrogens is 1. The van der Waals surface area contributed by atoms with Crippen LogP contribution in [0.5, 0.6) is 0 Å². The topological polar surface area (TPSA) is 51.4 Å². The molecular formula is C15H21N3OS. The standard InChI is InChI=1S/C15H21N3OS/c1-10(16)13-9-18(7-8-19-13)11(2)15-17-12-5-3-4-6-14(12)20-15/h3-6,10-11,13H,7-9,16H2,1-2H3. The van der Waals surface area contributed by atoms with Crippen LogP contribution in [-0.2, 0) is 4.74 Å². The number of thiazole rings is 1. The second-order valence-corrected chi connectivity index (χ2v) is 6.52. The fourth-order valence-corrected chi connectivity index (χ4v) is 3.64. The number of nitrogens with two attached hydrogens (primary N) is 1. The van der Waals surface area contributed by atoms with E-state index in [1.165, 1.54) is 9.71 Å². The lowest BCUT2D eigenvalue weighted by atomic mass is 10.1. The van der Waals surface area contributed by atoms with Gasteiger partial charge in [-0.2, -0.15) is 0 Å². The van der Waals surface area contributed by atoms with Crippen molar-refractivity contribution in [3.63, 3.8) is 0 Å². The Hall–Kier alpha value is -1.01. The molecule has 3 atom stereocenters. The molecule has 2 aromatic rings. The molecule has 4 nitrogen and oxygen atoms in total. The van der Waals surface area contributed by atoms with Gasteiger partial charge in [0, 0.05) is 19.1 Å². The summed E-state index contributed by atoms with van der Waals surface area (Å²) in [5.74, 6) is 0. The first kappa shape index (κ1) is 13.9.